The van der Waals surface area contributed by atoms with E-state index in [1.54, 1.807) is 6.07 Å². The molecule has 1 N–H and O–H groups in total. The van der Waals surface area contributed by atoms with Gasteiger partial charge >= 0.3 is 0 Å². The van der Waals surface area contributed by atoms with Gasteiger partial charge in [0.25, 0.3) is 15.7 Å². The number of nitro benzene ring substituents is 1. The number of anilines is 1. The van der Waals surface area contributed by atoms with Gasteiger partial charge in [0.15, 0.2) is 4.90 Å². The minimum atomic E-state index is -4.09. The Labute approximate surface area is 134 Å². The fraction of sp³-hybridized carbons (Fsp3) is 0.0833. The Kier molecular flexibility index (Phi) is 4.42. The van der Waals surface area contributed by atoms with Crippen molar-refractivity contribution in [1.82, 2.24) is 4.98 Å². The highest BCUT2D eigenvalue weighted by atomic mass is 127. The molecule has 0 spiro atoms. The first kappa shape index (κ1) is 15.6. The van der Waals surface area contributed by atoms with Crippen molar-refractivity contribution in [3.63, 3.8) is 0 Å². The molecule has 1 aromatic heterocycles. The molecule has 0 saturated heterocycles. The predicted molar refractivity (Wildman–Crippen MR) is 85.6 cm³/mol. The van der Waals surface area contributed by atoms with Crippen LogP contribution in [0.4, 0.5) is 11.5 Å². The number of nitrogens with zero attached hydrogens (tertiary/aromatic N) is 2. The van der Waals surface area contributed by atoms with Crippen LogP contribution >= 0.6 is 22.6 Å². The molecular formula is C12H10IN3O4S. The summed E-state index contributed by atoms with van der Waals surface area (Å²) < 4.78 is 27.8. The van der Waals surface area contributed by atoms with Gasteiger partial charge in [0.2, 0.25) is 0 Å². The number of nitro groups is 1. The molecule has 0 bridgehead atoms. The number of hydrogen-bond donors (Lipinski definition) is 1. The SMILES string of the molecule is Cc1cccc([N+](=O)[O-])c1S(=O)(=O)Nc1ccc(I)cn1. The van der Waals surface area contributed by atoms with Crippen LogP contribution in [0.5, 0.6) is 0 Å². The zero-order chi connectivity index (χ0) is 15.6. The second-order valence-corrected chi connectivity index (χ2v) is 7.01. The largest absolute Gasteiger partial charge is 0.290 e. The van der Waals surface area contributed by atoms with Crippen LogP contribution in [0.25, 0.3) is 0 Å². The van der Waals surface area contributed by atoms with Gasteiger partial charge in [0, 0.05) is 15.8 Å². The molecular weight excluding hydrogens is 409 g/mol. The Balaban J connectivity index is 2.49. The third kappa shape index (κ3) is 3.47. The molecule has 0 fully saturated rings. The lowest BCUT2D eigenvalue weighted by Gasteiger charge is -2.10. The monoisotopic (exact) mass is 419 g/mol. The minimum absolute atomic E-state index is 0.105. The van der Waals surface area contributed by atoms with Crippen LogP contribution in [0.2, 0.25) is 0 Å². The number of nitrogens with one attached hydrogen (secondary N) is 1. The number of aryl methyl sites for hydroxylation is 1. The van der Waals surface area contributed by atoms with Crippen LogP contribution in [0.3, 0.4) is 0 Å². The van der Waals surface area contributed by atoms with Crippen LogP contribution in [-0.2, 0) is 10.0 Å². The smallest absolute Gasteiger partial charge is 0.263 e. The van der Waals surface area contributed by atoms with Crippen LogP contribution < -0.4 is 4.72 Å². The van der Waals surface area contributed by atoms with E-state index < -0.39 is 20.6 Å². The van der Waals surface area contributed by atoms with Crippen LogP contribution in [0, 0.1) is 20.6 Å². The van der Waals surface area contributed by atoms with Crippen LogP contribution in [0.15, 0.2) is 41.4 Å². The van der Waals surface area contributed by atoms with E-state index in [-0.39, 0.29) is 10.7 Å². The molecule has 1 heterocycles. The van der Waals surface area contributed by atoms with E-state index in [9.17, 15) is 18.5 Å². The fourth-order valence-electron chi connectivity index (χ4n) is 1.76. The predicted octanol–water partition coefficient (Wildman–Crippen LogP) is 2.70. The third-order valence-electron chi connectivity index (χ3n) is 2.62. The van der Waals surface area contributed by atoms with Gasteiger partial charge in [-0.2, -0.15) is 0 Å². The number of halogens is 1. The lowest BCUT2D eigenvalue weighted by molar-refractivity contribution is -0.387. The Morgan fingerprint density at radius 3 is 2.57 bits per heavy atom. The third-order valence-corrected chi connectivity index (χ3v) is 4.81. The molecule has 0 unspecified atom stereocenters. The Morgan fingerprint density at radius 1 is 1.29 bits per heavy atom. The highest BCUT2D eigenvalue weighted by Crippen LogP contribution is 2.28. The number of rotatable bonds is 4. The first-order valence-corrected chi connectivity index (χ1v) is 8.26. The average Bonchev–Trinajstić information content (AvgIpc) is 2.40. The molecule has 110 valence electrons. The van der Waals surface area contributed by atoms with Gasteiger partial charge in [-0.05, 0) is 47.2 Å². The first-order valence-electron chi connectivity index (χ1n) is 5.69. The molecule has 0 aliphatic rings. The molecule has 0 atom stereocenters. The number of benzene rings is 1. The van der Waals surface area contributed by atoms with Gasteiger partial charge in [-0.3, -0.25) is 14.8 Å². The topological polar surface area (TPSA) is 102 Å². The van der Waals surface area contributed by atoms with Crippen molar-refractivity contribution >= 4 is 44.1 Å². The lowest BCUT2D eigenvalue weighted by Crippen LogP contribution is -2.16. The maximum Gasteiger partial charge on any atom is 0.290 e. The maximum atomic E-state index is 12.4. The molecule has 0 amide bonds. The van der Waals surface area contributed by atoms with E-state index in [1.165, 1.54) is 31.3 Å². The van der Waals surface area contributed by atoms with Crippen molar-refractivity contribution in [2.45, 2.75) is 11.8 Å². The van der Waals surface area contributed by atoms with Crippen LogP contribution in [0.1, 0.15) is 5.56 Å². The van der Waals surface area contributed by atoms with Crippen molar-refractivity contribution in [3.05, 3.63) is 55.8 Å². The van der Waals surface area contributed by atoms with Gasteiger partial charge in [-0.25, -0.2) is 13.4 Å². The summed E-state index contributed by atoms with van der Waals surface area (Å²) in [5.74, 6) is 0.105. The Bertz CT molecular complexity index is 791. The number of aromatic nitrogens is 1. The van der Waals surface area contributed by atoms with E-state index in [0.29, 0.717) is 5.56 Å². The normalized spacial score (nSPS) is 11.1. The van der Waals surface area contributed by atoms with E-state index >= 15 is 0 Å². The molecule has 21 heavy (non-hydrogen) atoms. The highest BCUT2D eigenvalue weighted by molar-refractivity contribution is 14.1. The highest BCUT2D eigenvalue weighted by Gasteiger charge is 2.28. The molecule has 9 heteroatoms. The molecule has 0 aliphatic carbocycles. The lowest BCUT2D eigenvalue weighted by atomic mass is 10.2. The van der Waals surface area contributed by atoms with Crippen molar-refractivity contribution in [2.24, 2.45) is 0 Å². The van der Waals surface area contributed by atoms with Crippen LogP contribution in [-0.4, -0.2) is 18.3 Å². The summed E-state index contributed by atoms with van der Waals surface area (Å²) in [6.07, 6.45) is 1.49. The van der Waals surface area contributed by atoms with Crippen molar-refractivity contribution in [3.8, 4) is 0 Å². The average molecular weight is 419 g/mol. The fourth-order valence-corrected chi connectivity index (χ4v) is 3.48. The molecule has 0 radical (unpaired) electrons. The molecule has 0 aliphatic heterocycles. The second kappa shape index (κ2) is 5.93. The van der Waals surface area contributed by atoms with E-state index in [0.717, 1.165) is 9.64 Å². The van der Waals surface area contributed by atoms with Gasteiger partial charge < -0.3 is 0 Å². The van der Waals surface area contributed by atoms with E-state index in [2.05, 4.69) is 9.71 Å². The summed E-state index contributed by atoms with van der Waals surface area (Å²) in [7, 11) is -4.09. The quantitative estimate of drug-likeness (QED) is 0.467. The Hall–Kier alpha value is -1.75. The first-order chi connectivity index (χ1) is 9.81. The molecule has 1 aromatic carbocycles. The summed E-state index contributed by atoms with van der Waals surface area (Å²) in [5.41, 5.74) is -0.171. The maximum absolute atomic E-state index is 12.4. The van der Waals surface area contributed by atoms with Gasteiger partial charge in [0.05, 0.1) is 4.92 Å². The molecule has 2 rings (SSSR count). The number of hydrogen-bond acceptors (Lipinski definition) is 5. The van der Waals surface area contributed by atoms with E-state index in [1.807, 2.05) is 22.6 Å². The standard InChI is InChI=1S/C12H10IN3O4S/c1-8-3-2-4-10(16(17)18)12(8)21(19,20)15-11-6-5-9(13)7-14-11/h2-7H,1H3,(H,14,15). The van der Waals surface area contributed by atoms with Gasteiger partial charge in [-0.1, -0.05) is 12.1 Å². The molecule has 7 nitrogen and oxygen atoms in total. The minimum Gasteiger partial charge on any atom is -0.263 e. The summed E-state index contributed by atoms with van der Waals surface area (Å²) >= 11 is 2.04. The van der Waals surface area contributed by atoms with Gasteiger partial charge in [0.1, 0.15) is 5.82 Å². The zero-order valence-electron chi connectivity index (χ0n) is 10.8. The summed E-state index contributed by atoms with van der Waals surface area (Å²) in [4.78, 5) is 13.9. The number of sulfonamides is 1. The Morgan fingerprint density at radius 2 is 2.00 bits per heavy atom. The van der Waals surface area contributed by atoms with Crippen molar-refractivity contribution in [1.29, 1.82) is 0 Å². The molecule has 0 saturated carbocycles. The molecule has 2 aromatic rings. The summed E-state index contributed by atoms with van der Waals surface area (Å²) in [6.45, 7) is 1.50. The second-order valence-electron chi connectivity index (χ2n) is 4.15. The van der Waals surface area contributed by atoms with Gasteiger partial charge in [-0.15, -0.1) is 0 Å². The van der Waals surface area contributed by atoms with E-state index in [4.69, 9.17) is 0 Å². The number of pyridine rings is 1. The van der Waals surface area contributed by atoms with Crippen molar-refractivity contribution in [2.75, 3.05) is 4.72 Å². The summed E-state index contributed by atoms with van der Waals surface area (Å²) in [5, 5.41) is 11.0. The van der Waals surface area contributed by atoms with Crippen molar-refractivity contribution < 1.29 is 13.3 Å². The zero-order valence-corrected chi connectivity index (χ0v) is 13.8. The summed E-state index contributed by atoms with van der Waals surface area (Å²) in [6, 6.07) is 7.27.